The van der Waals surface area contributed by atoms with Gasteiger partial charge in [-0.3, -0.25) is 4.79 Å². The normalized spacial score (nSPS) is 19.5. The zero-order chi connectivity index (χ0) is 24.3. The zero-order valence-corrected chi connectivity index (χ0v) is 20.2. The lowest BCUT2D eigenvalue weighted by Gasteiger charge is -2.35. The maximum absolute atomic E-state index is 13.1. The molecule has 0 bridgehead atoms. The Hall–Kier alpha value is -3.51. The van der Waals surface area contributed by atoms with Gasteiger partial charge in [-0.15, -0.1) is 5.10 Å². The van der Waals surface area contributed by atoms with Crippen molar-refractivity contribution >= 4 is 23.2 Å². The summed E-state index contributed by atoms with van der Waals surface area (Å²) < 4.78 is 7.22. The molecule has 2 aliphatic rings. The number of nitriles is 1. The maximum atomic E-state index is 13.1. The second kappa shape index (κ2) is 10.0. The van der Waals surface area contributed by atoms with E-state index in [2.05, 4.69) is 16.4 Å². The molecular formula is C26H27N5O3S. The molecule has 2 fully saturated rings. The molecule has 1 saturated carbocycles. The Bertz CT molecular complexity index is 1210. The van der Waals surface area contributed by atoms with Crippen LogP contribution in [0.15, 0.2) is 53.4 Å². The monoisotopic (exact) mass is 489 g/mol. The number of rotatable bonds is 8. The lowest BCUT2D eigenvalue weighted by molar-refractivity contribution is 0.0733. The number of nitrogens with zero attached hydrogens (tertiary/aromatic N) is 5. The fraction of sp³-hybridized carbons (Fsp3) is 0.423. The molecule has 2 aromatic heterocycles. The van der Waals surface area contributed by atoms with Crippen LogP contribution in [-0.4, -0.2) is 44.9 Å². The van der Waals surface area contributed by atoms with E-state index in [-0.39, 0.29) is 36.7 Å². The van der Waals surface area contributed by atoms with E-state index >= 15 is 0 Å². The SMILES string of the molecule is N#CC1(n2cc([C@@H](CC(=O)c3ccsc3)C3CCCN(C(=O)OCc4ccccc4)C3)nn2)CC1. The lowest BCUT2D eigenvalue weighted by atomic mass is 9.80. The number of hydrogen-bond acceptors (Lipinski definition) is 7. The maximum Gasteiger partial charge on any atom is 0.410 e. The van der Waals surface area contributed by atoms with Crippen LogP contribution in [0.2, 0.25) is 0 Å². The highest BCUT2D eigenvalue weighted by atomic mass is 32.1. The third-order valence-corrected chi connectivity index (χ3v) is 7.68. The summed E-state index contributed by atoms with van der Waals surface area (Å²) in [6, 6.07) is 13.8. The first kappa shape index (κ1) is 23.2. The van der Waals surface area contributed by atoms with Gasteiger partial charge in [0.05, 0.1) is 18.0 Å². The van der Waals surface area contributed by atoms with Crippen molar-refractivity contribution in [3.05, 3.63) is 70.2 Å². The average molecular weight is 490 g/mol. The van der Waals surface area contributed by atoms with Crippen LogP contribution in [0.4, 0.5) is 4.79 Å². The fourth-order valence-electron chi connectivity index (χ4n) is 4.73. The number of ether oxygens (including phenoxy) is 1. The molecule has 1 aliphatic heterocycles. The number of ketones is 1. The van der Waals surface area contributed by atoms with Crippen LogP contribution in [0.25, 0.3) is 0 Å². The van der Waals surface area contributed by atoms with E-state index in [0.717, 1.165) is 31.2 Å². The molecule has 3 aromatic rings. The Labute approximate surface area is 208 Å². The van der Waals surface area contributed by atoms with E-state index in [0.29, 0.717) is 24.3 Å². The summed E-state index contributed by atoms with van der Waals surface area (Å²) in [5.74, 6) is -0.107. The van der Waals surface area contributed by atoms with Gasteiger partial charge >= 0.3 is 6.09 Å². The smallest absolute Gasteiger partial charge is 0.410 e. The Morgan fingerprint density at radius 1 is 1.26 bits per heavy atom. The molecule has 0 spiro atoms. The van der Waals surface area contributed by atoms with Crippen molar-refractivity contribution in [3.8, 4) is 6.07 Å². The predicted molar refractivity (Wildman–Crippen MR) is 130 cm³/mol. The molecule has 1 aliphatic carbocycles. The van der Waals surface area contributed by atoms with Gasteiger partial charge in [-0.2, -0.15) is 16.6 Å². The van der Waals surface area contributed by atoms with E-state index in [9.17, 15) is 14.9 Å². The van der Waals surface area contributed by atoms with E-state index in [4.69, 9.17) is 4.74 Å². The first-order valence-corrected chi connectivity index (χ1v) is 12.9. The summed E-state index contributed by atoms with van der Waals surface area (Å²) in [6.07, 6.45) is 4.99. The molecular weight excluding hydrogens is 462 g/mol. The Kier molecular flexibility index (Phi) is 6.64. The molecule has 180 valence electrons. The number of amides is 1. The summed E-state index contributed by atoms with van der Waals surface area (Å²) in [5, 5.41) is 22.0. The Morgan fingerprint density at radius 3 is 2.80 bits per heavy atom. The van der Waals surface area contributed by atoms with Crippen LogP contribution in [0.1, 0.15) is 59.6 Å². The molecule has 5 rings (SSSR count). The summed E-state index contributed by atoms with van der Waals surface area (Å²) in [5.41, 5.74) is 1.74. The summed E-state index contributed by atoms with van der Waals surface area (Å²) in [4.78, 5) is 27.6. The topological polar surface area (TPSA) is 101 Å². The number of carbonyl (C=O) groups excluding carboxylic acids is 2. The summed E-state index contributed by atoms with van der Waals surface area (Å²) >= 11 is 1.49. The van der Waals surface area contributed by atoms with E-state index in [1.807, 2.05) is 53.4 Å². The highest BCUT2D eigenvalue weighted by Gasteiger charge is 2.47. The number of thiophene rings is 1. The highest BCUT2D eigenvalue weighted by molar-refractivity contribution is 7.08. The van der Waals surface area contributed by atoms with Crippen molar-refractivity contribution < 1.29 is 14.3 Å². The van der Waals surface area contributed by atoms with Gasteiger partial charge in [-0.1, -0.05) is 35.5 Å². The Balaban J connectivity index is 1.32. The van der Waals surface area contributed by atoms with Crippen LogP contribution in [-0.2, 0) is 16.9 Å². The van der Waals surface area contributed by atoms with Gasteiger partial charge in [0, 0.05) is 36.4 Å². The van der Waals surface area contributed by atoms with Gasteiger partial charge in [0.1, 0.15) is 6.61 Å². The quantitative estimate of drug-likeness (QED) is 0.423. The molecule has 2 atom stereocenters. The average Bonchev–Trinajstić information content (AvgIpc) is 3.26. The number of Topliss-reactive ketones (excluding diaryl/α,β-unsaturated/α-hetero) is 1. The second-order valence-electron chi connectivity index (χ2n) is 9.37. The first-order chi connectivity index (χ1) is 17.1. The van der Waals surface area contributed by atoms with Gasteiger partial charge < -0.3 is 9.64 Å². The molecule has 1 unspecified atom stereocenters. The van der Waals surface area contributed by atoms with Gasteiger partial charge in [0.2, 0.25) is 0 Å². The molecule has 1 saturated heterocycles. The minimum absolute atomic E-state index is 0.0398. The standard InChI is InChI=1S/C26H27N5O3S/c27-18-26(9-10-26)31-15-23(28-29-31)22(13-24(32)21-8-12-35-17-21)20-7-4-11-30(14-20)25(33)34-16-19-5-2-1-3-6-19/h1-3,5-6,8,12,15,17,20,22H,4,7,9-11,13-14,16H2/t20?,22-/m0/s1. The minimum Gasteiger partial charge on any atom is -0.445 e. The van der Waals surface area contributed by atoms with Gasteiger partial charge in [-0.05, 0) is 48.6 Å². The lowest BCUT2D eigenvalue weighted by Crippen LogP contribution is -2.42. The molecule has 3 heterocycles. The van der Waals surface area contributed by atoms with Crippen molar-refractivity contribution in [1.29, 1.82) is 5.26 Å². The largest absolute Gasteiger partial charge is 0.445 e. The number of aromatic nitrogens is 3. The van der Waals surface area contributed by atoms with Crippen LogP contribution in [0.5, 0.6) is 0 Å². The predicted octanol–water partition coefficient (Wildman–Crippen LogP) is 4.76. The first-order valence-electron chi connectivity index (χ1n) is 11.9. The third kappa shape index (κ3) is 5.13. The van der Waals surface area contributed by atoms with Crippen LogP contribution >= 0.6 is 11.3 Å². The minimum atomic E-state index is -0.604. The molecule has 1 aromatic carbocycles. The number of benzene rings is 1. The zero-order valence-electron chi connectivity index (χ0n) is 19.4. The highest BCUT2D eigenvalue weighted by Crippen LogP contribution is 2.43. The molecule has 0 radical (unpaired) electrons. The van der Waals surface area contributed by atoms with E-state index < -0.39 is 5.54 Å². The van der Waals surface area contributed by atoms with Gasteiger partial charge in [-0.25, -0.2) is 9.48 Å². The fourth-order valence-corrected chi connectivity index (χ4v) is 5.39. The van der Waals surface area contributed by atoms with Crippen molar-refractivity contribution in [2.45, 2.75) is 50.2 Å². The number of carbonyl (C=O) groups is 2. The number of piperidine rings is 1. The van der Waals surface area contributed by atoms with E-state index in [1.165, 1.54) is 11.3 Å². The second-order valence-corrected chi connectivity index (χ2v) is 10.1. The van der Waals surface area contributed by atoms with Crippen LogP contribution in [0.3, 0.4) is 0 Å². The molecule has 0 N–H and O–H groups in total. The molecule has 9 heteroatoms. The van der Waals surface area contributed by atoms with Crippen LogP contribution < -0.4 is 0 Å². The Morgan fingerprint density at radius 2 is 2.09 bits per heavy atom. The van der Waals surface area contributed by atoms with E-state index in [1.54, 1.807) is 9.58 Å². The summed E-state index contributed by atoms with van der Waals surface area (Å²) in [7, 11) is 0. The number of likely N-dealkylation sites (tertiary alicyclic amines) is 1. The summed E-state index contributed by atoms with van der Waals surface area (Å²) in [6.45, 7) is 1.34. The molecule has 35 heavy (non-hydrogen) atoms. The van der Waals surface area contributed by atoms with Crippen LogP contribution in [0, 0.1) is 17.2 Å². The van der Waals surface area contributed by atoms with Crippen molar-refractivity contribution in [3.63, 3.8) is 0 Å². The van der Waals surface area contributed by atoms with Crippen molar-refractivity contribution in [2.75, 3.05) is 13.1 Å². The molecule has 8 nitrogen and oxygen atoms in total. The van der Waals surface area contributed by atoms with Crippen molar-refractivity contribution in [1.82, 2.24) is 19.9 Å². The van der Waals surface area contributed by atoms with Gasteiger partial charge in [0.25, 0.3) is 0 Å². The van der Waals surface area contributed by atoms with Crippen molar-refractivity contribution in [2.24, 2.45) is 5.92 Å². The third-order valence-electron chi connectivity index (χ3n) is 7.00. The molecule has 1 amide bonds. The van der Waals surface area contributed by atoms with Gasteiger partial charge in [0.15, 0.2) is 11.3 Å². The number of hydrogen-bond donors (Lipinski definition) is 0.